The normalized spacial score (nSPS) is 11.7. The van der Waals surface area contributed by atoms with Crippen molar-refractivity contribution in [3.05, 3.63) is 108 Å². The molecule has 0 unspecified atom stereocenters. The Bertz CT molecular complexity index is 1270. The van der Waals surface area contributed by atoms with E-state index in [0.717, 1.165) is 27.8 Å². The molecule has 0 aliphatic carbocycles. The highest BCUT2D eigenvalue weighted by Gasteiger charge is 2.21. The van der Waals surface area contributed by atoms with Crippen LogP contribution in [0.3, 0.4) is 0 Å². The number of pyridine rings is 1. The Labute approximate surface area is 191 Å². The minimum Gasteiger partial charge on any atom is -0.481 e. The van der Waals surface area contributed by atoms with E-state index < -0.39 is 12.0 Å². The maximum atomic E-state index is 13.0. The lowest BCUT2D eigenvalue weighted by atomic mass is 9.98. The number of amides is 1. The van der Waals surface area contributed by atoms with Gasteiger partial charge in [0.2, 0.25) is 0 Å². The van der Waals surface area contributed by atoms with E-state index in [-0.39, 0.29) is 12.3 Å². The summed E-state index contributed by atoms with van der Waals surface area (Å²) >= 11 is 0. The summed E-state index contributed by atoms with van der Waals surface area (Å²) in [6.07, 6.45) is 6.59. The summed E-state index contributed by atoms with van der Waals surface area (Å²) in [6, 6.07) is 18.6. The molecule has 2 heterocycles. The number of hydrogen-bond donors (Lipinski definition) is 2. The highest BCUT2D eigenvalue weighted by Crippen LogP contribution is 2.23. The van der Waals surface area contributed by atoms with Gasteiger partial charge in [0, 0.05) is 29.7 Å². The molecular formula is C26H24N4O3. The fourth-order valence-corrected chi connectivity index (χ4v) is 3.72. The van der Waals surface area contributed by atoms with Gasteiger partial charge in [-0.15, -0.1) is 0 Å². The maximum absolute atomic E-state index is 13.0. The van der Waals surface area contributed by atoms with Crippen molar-refractivity contribution in [2.75, 3.05) is 0 Å². The van der Waals surface area contributed by atoms with Gasteiger partial charge in [-0.3, -0.25) is 19.3 Å². The molecule has 0 bridgehead atoms. The van der Waals surface area contributed by atoms with Crippen molar-refractivity contribution >= 4 is 11.9 Å². The van der Waals surface area contributed by atoms with E-state index >= 15 is 0 Å². The molecule has 4 aromatic rings. The third-order valence-electron chi connectivity index (χ3n) is 5.40. The lowest BCUT2D eigenvalue weighted by molar-refractivity contribution is -0.137. The number of aliphatic carboxylic acids is 1. The third-order valence-corrected chi connectivity index (χ3v) is 5.40. The summed E-state index contributed by atoms with van der Waals surface area (Å²) in [4.78, 5) is 28.6. The monoisotopic (exact) mass is 440 g/mol. The van der Waals surface area contributed by atoms with E-state index in [0.29, 0.717) is 12.1 Å². The van der Waals surface area contributed by atoms with Gasteiger partial charge in [0.1, 0.15) is 0 Å². The minimum absolute atomic E-state index is 0.212. The van der Waals surface area contributed by atoms with Crippen LogP contribution in [0, 0.1) is 6.92 Å². The smallest absolute Gasteiger partial charge is 0.305 e. The molecule has 0 aliphatic heterocycles. The van der Waals surface area contributed by atoms with Crippen LogP contribution in [-0.4, -0.2) is 31.7 Å². The van der Waals surface area contributed by atoms with E-state index in [9.17, 15) is 14.7 Å². The SMILES string of the molecule is Cc1ccccc1[C@H](CC(=O)O)NC(=O)c1cncc(-c2cnn(Cc3ccccc3)c2)c1. The molecule has 2 aromatic heterocycles. The average Bonchev–Trinajstić information content (AvgIpc) is 3.28. The number of benzene rings is 2. The second kappa shape index (κ2) is 9.91. The highest BCUT2D eigenvalue weighted by molar-refractivity contribution is 5.95. The number of rotatable bonds is 8. The van der Waals surface area contributed by atoms with Gasteiger partial charge in [-0.1, -0.05) is 54.6 Å². The van der Waals surface area contributed by atoms with Crippen molar-refractivity contribution in [2.24, 2.45) is 0 Å². The van der Waals surface area contributed by atoms with Crippen molar-refractivity contribution in [3.63, 3.8) is 0 Å². The number of carboxylic acids is 1. The summed E-state index contributed by atoms with van der Waals surface area (Å²) in [6.45, 7) is 2.54. The molecule has 0 spiro atoms. The first kappa shape index (κ1) is 22.0. The zero-order valence-electron chi connectivity index (χ0n) is 18.2. The second-order valence-corrected chi connectivity index (χ2v) is 7.85. The average molecular weight is 441 g/mol. The van der Waals surface area contributed by atoms with Crippen LogP contribution < -0.4 is 5.32 Å². The molecule has 2 aromatic carbocycles. The molecule has 2 N–H and O–H groups in total. The van der Waals surface area contributed by atoms with Gasteiger partial charge in [0.15, 0.2) is 0 Å². The molecule has 0 fully saturated rings. The molecule has 33 heavy (non-hydrogen) atoms. The van der Waals surface area contributed by atoms with Gasteiger partial charge in [-0.25, -0.2) is 0 Å². The van der Waals surface area contributed by atoms with E-state index in [1.807, 2.05) is 72.4 Å². The fourth-order valence-electron chi connectivity index (χ4n) is 3.72. The fraction of sp³-hybridized carbons (Fsp3) is 0.154. The van der Waals surface area contributed by atoms with Crippen LogP contribution in [0.5, 0.6) is 0 Å². The number of hydrogen-bond acceptors (Lipinski definition) is 4. The summed E-state index contributed by atoms with van der Waals surface area (Å²) in [5.74, 6) is -1.36. The predicted octanol–water partition coefficient (Wildman–Crippen LogP) is 4.25. The largest absolute Gasteiger partial charge is 0.481 e. The van der Waals surface area contributed by atoms with Crippen LogP contribution in [-0.2, 0) is 11.3 Å². The van der Waals surface area contributed by atoms with Gasteiger partial charge in [0.25, 0.3) is 5.91 Å². The first-order valence-electron chi connectivity index (χ1n) is 10.6. The summed E-state index contributed by atoms with van der Waals surface area (Å²) in [5, 5.41) is 16.6. The molecule has 7 heteroatoms. The molecule has 0 aliphatic rings. The molecular weight excluding hydrogens is 416 g/mol. The van der Waals surface area contributed by atoms with E-state index in [1.54, 1.807) is 18.5 Å². The van der Waals surface area contributed by atoms with E-state index in [1.165, 1.54) is 6.20 Å². The summed E-state index contributed by atoms with van der Waals surface area (Å²) in [5.41, 5.74) is 4.79. The highest BCUT2D eigenvalue weighted by atomic mass is 16.4. The maximum Gasteiger partial charge on any atom is 0.305 e. The van der Waals surface area contributed by atoms with Crippen LogP contribution in [0.25, 0.3) is 11.1 Å². The van der Waals surface area contributed by atoms with E-state index in [2.05, 4.69) is 15.4 Å². The predicted molar refractivity (Wildman–Crippen MR) is 125 cm³/mol. The van der Waals surface area contributed by atoms with Gasteiger partial charge < -0.3 is 10.4 Å². The lowest BCUT2D eigenvalue weighted by Crippen LogP contribution is -2.30. The van der Waals surface area contributed by atoms with Crippen molar-refractivity contribution in [2.45, 2.75) is 25.9 Å². The van der Waals surface area contributed by atoms with Crippen LogP contribution in [0.2, 0.25) is 0 Å². The van der Waals surface area contributed by atoms with Crippen LogP contribution in [0.15, 0.2) is 85.5 Å². The Kier molecular flexibility index (Phi) is 6.59. The quantitative estimate of drug-likeness (QED) is 0.427. The van der Waals surface area contributed by atoms with Gasteiger partial charge >= 0.3 is 5.97 Å². The van der Waals surface area contributed by atoms with E-state index in [4.69, 9.17) is 0 Å². The Morgan fingerprint density at radius 1 is 1.00 bits per heavy atom. The van der Waals surface area contributed by atoms with Crippen LogP contribution >= 0.6 is 0 Å². The molecule has 1 amide bonds. The standard InChI is InChI=1S/C26H24N4O3/c1-18-7-5-6-10-23(18)24(12-25(31)32)29-26(33)21-11-20(13-27-14-21)22-15-28-30(17-22)16-19-8-3-2-4-9-19/h2-11,13-15,17,24H,12,16H2,1H3,(H,29,33)(H,31,32)/t24-/m0/s1. The minimum atomic E-state index is -0.985. The molecule has 0 saturated heterocycles. The molecule has 4 rings (SSSR count). The van der Waals surface area contributed by atoms with Crippen LogP contribution in [0.1, 0.15) is 39.5 Å². The third kappa shape index (κ3) is 5.51. The zero-order chi connectivity index (χ0) is 23.2. The van der Waals surface area contributed by atoms with Gasteiger partial charge in [-0.05, 0) is 29.7 Å². The summed E-state index contributed by atoms with van der Waals surface area (Å²) in [7, 11) is 0. The van der Waals surface area contributed by atoms with Gasteiger partial charge in [0.05, 0.1) is 30.8 Å². The number of nitrogens with zero attached hydrogens (tertiary/aromatic N) is 3. The molecule has 1 atom stereocenters. The molecule has 166 valence electrons. The topological polar surface area (TPSA) is 97.1 Å². The zero-order valence-corrected chi connectivity index (χ0v) is 18.2. The Morgan fingerprint density at radius 3 is 2.52 bits per heavy atom. The van der Waals surface area contributed by atoms with Crippen LogP contribution in [0.4, 0.5) is 0 Å². The number of aromatic nitrogens is 3. The molecule has 0 radical (unpaired) electrons. The van der Waals surface area contributed by atoms with Crippen molar-refractivity contribution in [1.29, 1.82) is 0 Å². The summed E-state index contributed by atoms with van der Waals surface area (Å²) < 4.78 is 1.83. The molecule has 0 saturated carbocycles. The lowest BCUT2D eigenvalue weighted by Gasteiger charge is -2.19. The Morgan fingerprint density at radius 2 is 1.76 bits per heavy atom. The number of carbonyl (C=O) groups is 2. The first-order valence-corrected chi connectivity index (χ1v) is 10.6. The Hall–Kier alpha value is -4.26. The number of carboxylic acid groups (broad SMARTS) is 1. The van der Waals surface area contributed by atoms with Gasteiger partial charge in [-0.2, -0.15) is 5.10 Å². The van der Waals surface area contributed by atoms with Crippen molar-refractivity contribution < 1.29 is 14.7 Å². The number of carbonyl (C=O) groups excluding carboxylic acids is 1. The number of nitrogens with one attached hydrogen (secondary N) is 1. The first-order chi connectivity index (χ1) is 16.0. The number of aryl methyl sites for hydroxylation is 1. The van der Waals surface area contributed by atoms with Crippen molar-refractivity contribution in [3.8, 4) is 11.1 Å². The second-order valence-electron chi connectivity index (χ2n) is 7.85. The van der Waals surface area contributed by atoms with Crippen molar-refractivity contribution in [1.82, 2.24) is 20.1 Å². The Balaban J connectivity index is 1.53. The molecule has 7 nitrogen and oxygen atoms in total.